The lowest BCUT2D eigenvalue weighted by Gasteiger charge is -2.26. The number of fused-ring (bicyclic) bond motifs is 1. The van der Waals surface area contributed by atoms with Gasteiger partial charge in [0.1, 0.15) is 5.69 Å². The van der Waals surface area contributed by atoms with Gasteiger partial charge in [0.2, 0.25) is 0 Å². The summed E-state index contributed by atoms with van der Waals surface area (Å²) in [4.78, 5) is 22.4. The number of hydrogen-bond acceptors (Lipinski definition) is 4. The van der Waals surface area contributed by atoms with Crippen LogP contribution in [0.15, 0.2) is 42.9 Å². The van der Waals surface area contributed by atoms with Gasteiger partial charge >= 0.3 is 0 Å². The van der Waals surface area contributed by atoms with Crippen LogP contribution < -0.4 is 0 Å². The maximum atomic E-state index is 12.6. The number of nitrogens with zero attached hydrogens (tertiary/aromatic N) is 4. The Balaban J connectivity index is 1.64. The smallest absolute Gasteiger partial charge is 0.274 e. The molecule has 0 aliphatic carbocycles. The number of benzene rings is 1. The molecule has 1 N–H and O–H groups in total. The second-order valence-corrected chi connectivity index (χ2v) is 6.04. The molecule has 1 aliphatic heterocycles. The predicted molar refractivity (Wildman–Crippen MR) is 89.5 cm³/mol. The summed E-state index contributed by atoms with van der Waals surface area (Å²) in [7, 11) is 0. The van der Waals surface area contributed by atoms with E-state index in [4.69, 9.17) is 11.6 Å². The van der Waals surface area contributed by atoms with Gasteiger partial charge < -0.3 is 4.90 Å². The van der Waals surface area contributed by atoms with Crippen LogP contribution in [0.2, 0.25) is 5.02 Å². The first kappa shape index (κ1) is 14.8. The molecule has 0 unspecified atom stereocenters. The SMILES string of the molecule is O=C(c1cnccn1)N1CCc2[nH]nc(-c3ccc(Cl)cc3)c2C1. The van der Waals surface area contributed by atoms with Crippen molar-refractivity contribution in [3.05, 3.63) is 64.8 Å². The van der Waals surface area contributed by atoms with E-state index >= 15 is 0 Å². The monoisotopic (exact) mass is 339 g/mol. The molecule has 7 heteroatoms. The predicted octanol–water partition coefficient (Wildman–Crippen LogP) is 2.72. The highest BCUT2D eigenvalue weighted by Crippen LogP contribution is 2.29. The van der Waals surface area contributed by atoms with Crippen molar-refractivity contribution >= 4 is 17.5 Å². The molecule has 0 spiro atoms. The van der Waals surface area contributed by atoms with E-state index in [2.05, 4.69) is 20.2 Å². The van der Waals surface area contributed by atoms with E-state index in [0.29, 0.717) is 23.8 Å². The zero-order valence-electron chi connectivity index (χ0n) is 12.7. The maximum Gasteiger partial charge on any atom is 0.274 e. The van der Waals surface area contributed by atoms with E-state index in [1.807, 2.05) is 24.3 Å². The molecule has 6 nitrogen and oxygen atoms in total. The van der Waals surface area contributed by atoms with Gasteiger partial charge in [-0.25, -0.2) is 4.98 Å². The number of aromatic amines is 1. The number of carbonyl (C=O) groups is 1. The molecule has 0 radical (unpaired) electrons. The Hall–Kier alpha value is -2.73. The minimum absolute atomic E-state index is 0.114. The Morgan fingerprint density at radius 2 is 2.04 bits per heavy atom. The third-order valence-electron chi connectivity index (χ3n) is 4.12. The fraction of sp³-hybridized carbons (Fsp3) is 0.176. The third kappa shape index (κ3) is 2.65. The van der Waals surface area contributed by atoms with Crippen LogP contribution in [0.25, 0.3) is 11.3 Å². The molecule has 0 fully saturated rings. The number of amides is 1. The Labute approximate surface area is 143 Å². The Morgan fingerprint density at radius 1 is 1.21 bits per heavy atom. The minimum Gasteiger partial charge on any atom is -0.332 e. The minimum atomic E-state index is -0.114. The second kappa shape index (κ2) is 6.05. The van der Waals surface area contributed by atoms with Gasteiger partial charge in [-0.1, -0.05) is 23.7 Å². The van der Waals surface area contributed by atoms with Crippen molar-refractivity contribution in [2.45, 2.75) is 13.0 Å². The summed E-state index contributed by atoms with van der Waals surface area (Å²) in [5.74, 6) is -0.114. The zero-order chi connectivity index (χ0) is 16.5. The highest BCUT2D eigenvalue weighted by Gasteiger charge is 2.26. The summed E-state index contributed by atoms with van der Waals surface area (Å²) in [5, 5.41) is 8.20. The van der Waals surface area contributed by atoms with E-state index in [1.165, 1.54) is 12.4 Å². The van der Waals surface area contributed by atoms with Crippen LogP contribution >= 0.6 is 11.6 Å². The van der Waals surface area contributed by atoms with E-state index in [1.54, 1.807) is 11.1 Å². The van der Waals surface area contributed by atoms with Crippen LogP contribution in [0.5, 0.6) is 0 Å². The molecule has 1 amide bonds. The Kier molecular flexibility index (Phi) is 3.74. The number of hydrogen-bond donors (Lipinski definition) is 1. The number of nitrogens with one attached hydrogen (secondary N) is 1. The van der Waals surface area contributed by atoms with Crippen LogP contribution in [-0.2, 0) is 13.0 Å². The zero-order valence-corrected chi connectivity index (χ0v) is 13.5. The molecule has 0 saturated heterocycles. The van der Waals surface area contributed by atoms with Crippen LogP contribution in [-0.4, -0.2) is 37.5 Å². The van der Waals surface area contributed by atoms with Crippen LogP contribution in [0, 0.1) is 0 Å². The van der Waals surface area contributed by atoms with E-state index in [-0.39, 0.29) is 5.91 Å². The maximum absolute atomic E-state index is 12.6. The third-order valence-corrected chi connectivity index (χ3v) is 4.37. The standard InChI is InChI=1S/C17H14ClN5O/c18-12-3-1-11(2-4-12)16-13-10-23(8-5-14(13)21-22-16)17(24)15-9-19-6-7-20-15/h1-4,6-7,9H,5,8,10H2,(H,21,22). The number of aromatic nitrogens is 4. The van der Waals surface area contributed by atoms with Gasteiger partial charge in [-0.05, 0) is 12.1 Å². The van der Waals surface area contributed by atoms with Crippen molar-refractivity contribution in [1.29, 1.82) is 0 Å². The fourth-order valence-electron chi connectivity index (χ4n) is 2.89. The van der Waals surface area contributed by atoms with Gasteiger partial charge in [-0.3, -0.25) is 14.9 Å². The quantitative estimate of drug-likeness (QED) is 0.779. The number of halogens is 1. The van der Waals surface area contributed by atoms with E-state index in [9.17, 15) is 4.79 Å². The van der Waals surface area contributed by atoms with Crippen LogP contribution in [0.4, 0.5) is 0 Å². The van der Waals surface area contributed by atoms with Crippen molar-refractivity contribution in [3.8, 4) is 11.3 Å². The average molecular weight is 340 g/mol. The first-order valence-electron chi connectivity index (χ1n) is 7.60. The van der Waals surface area contributed by atoms with Crippen LogP contribution in [0.1, 0.15) is 21.7 Å². The summed E-state index contributed by atoms with van der Waals surface area (Å²) < 4.78 is 0. The number of carbonyl (C=O) groups excluding carboxylic acids is 1. The summed E-state index contributed by atoms with van der Waals surface area (Å²) >= 11 is 5.96. The normalized spacial score (nSPS) is 13.6. The topological polar surface area (TPSA) is 74.8 Å². The molecule has 2 aromatic heterocycles. The van der Waals surface area contributed by atoms with E-state index in [0.717, 1.165) is 28.9 Å². The largest absolute Gasteiger partial charge is 0.332 e. The summed E-state index contributed by atoms with van der Waals surface area (Å²) in [6.07, 6.45) is 5.31. The van der Waals surface area contributed by atoms with Crippen molar-refractivity contribution in [2.24, 2.45) is 0 Å². The second-order valence-electron chi connectivity index (χ2n) is 5.60. The van der Waals surface area contributed by atoms with Gasteiger partial charge in [0.15, 0.2) is 0 Å². The van der Waals surface area contributed by atoms with Crippen molar-refractivity contribution in [3.63, 3.8) is 0 Å². The lowest BCUT2D eigenvalue weighted by Crippen LogP contribution is -2.36. The molecule has 1 aromatic carbocycles. The van der Waals surface area contributed by atoms with Crippen molar-refractivity contribution in [2.75, 3.05) is 6.54 Å². The summed E-state index contributed by atoms with van der Waals surface area (Å²) in [6, 6.07) is 7.54. The van der Waals surface area contributed by atoms with Gasteiger partial charge in [-0.2, -0.15) is 5.10 Å². The molecule has 1 aliphatic rings. The lowest BCUT2D eigenvalue weighted by atomic mass is 10.0. The molecule has 3 aromatic rings. The van der Waals surface area contributed by atoms with Crippen molar-refractivity contribution < 1.29 is 4.79 Å². The van der Waals surface area contributed by atoms with Crippen LogP contribution in [0.3, 0.4) is 0 Å². The van der Waals surface area contributed by atoms with Gasteiger partial charge in [0.25, 0.3) is 5.91 Å². The molecule has 0 saturated carbocycles. The molecule has 120 valence electrons. The average Bonchev–Trinajstić information content (AvgIpc) is 3.05. The molecule has 24 heavy (non-hydrogen) atoms. The molecular formula is C17H14ClN5O. The lowest BCUT2D eigenvalue weighted by molar-refractivity contribution is 0.0728. The van der Waals surface area contributed by atoms with Crippen molar-refractivity contribution in [1.82, 2.24) is 25.1 Å². The van der Waals surface area contributed by atoms with Gasteiger partial charge in [0.05, 0.1) is 18.4 Å². The van der Waals surface area contributed by atoms with Gasteiger partial charge in [-0.15, -0.1) is 0 Å². The molecular weight excluding hydrogens is 326 g/mol. The molecule has 3 heterocycles. The Morgan fingerprint density at radius 3 is 2.79 bits per heavy atom. The first-order chi connectivity index (χ1) is 11.7. The number of rotatable bonds is 2. The molecule has 4 rings (SSSR count). The molecule has 0 atom stereocenters. The van der Waals surface area contributed by atoms with E-state index < -0.39 is 0 Å². The Bertz CT molecular complexity index is 876. The fourth-order valence-corrected chi connectivity index (χ4v) is 3.01. The summed E-state index contributed by atoms with van der Waals surface area (Å²) in [5.41, 5.74) is 4.31. The van der Waals surface area contributed by atoms with Gasteiger partial charge in [0, 0.05) is 47.2 Å². The highest BCUT2D eigenvalue weighted by atomic mass is 35.5. The first-order valence-corrected chi connectivity index (χ1v) is 7.97. The molecule has 0 bridgehead atoms. The number of H-pyrrole nitrogens is 1. The highest BCUT2D eigenvalue weighted by molar-refractivity contribution is 6.30. The summed E-state index contributed by atoms with van der Waals surface area (Å²) in [6.45, 7) is 1.13.